The van der Waals surface area contributed by atoms with E-state index in [1.54, 1.807) is 0 Å². The summed E-state index contributed by atoms with van der Waals surface area (Å²) >= 11 is 0. The summed E-state index contributed by atoms with van der Waals surface area (Å²) in [6, 6.07) is 0. The zero-order chi connectivity index (χ0) is 54.0. The quantitative estimate of drug-likeness (QED) is 0.0146. The second-order valence-electron chi connectivity index (χ2n) is 20.5. The van der Waals surface area contributed by atoms with Crippen molar-refractivity contribution in [1.29, 1.82) is 0 Å². The third kappa shape index (κ3) is 41.0. The Kier molecular flexibility index (Phi) is 47.4. The molecule has 0 amide bonds. The standard InChI is InChI=1S/C61H109O12P/c1-3-5-7-9-11-13-15-17-19-21-23-25-27-29-31-33-35-37-39-41-43-45-47-49-51-70-52-54(53-71-74(68,69)73-61-59(66)57(64)56(63)58(65)60(61)67)72-55(62)50-48-46-44-42-40-38-36-34-32-30-28-26-24-22-20-18-16-14-12-10-8-6-4-2/h5,7,11,13,17,19,23,25,29,31,35,37,54,56-61,63-67H,3-4,6,8-10,12,14-16,18,20-22,24,26-28,30,32-34,36,38-53H2,1-2H3,(H,68,69)/b7-5-,13-11-,19-17-,25-23-,31-29-,37-35-. The molecule has 0 radical (unpaired) electrons. The maximum absolute atomic E-state index is 12.9. The molecule has 1 saturated carbocycles. The van der Waals surface area contributed by atoms with E-state index in [9.17, 15) is 39.8 Å². The van der Waals surface area contributed by atoms with Crippen LogP contribution in [0.1, 0.15) is 245 Å². The van der Waals surface area contributed by atoms with E-state index in [0.717, 1.165) is 96.3 Å². The van der Waals surface area contributed by atoms with E-state index in [0.29, 0.717) is 13.0 Å². The molecular weight excluding hydrogens is 956 g/mol. The lowest BCUT2D eigenvalue weighted by Gasteiger charge is -2.41. The second-order valence-corrected chi connectivity index (χ2v) is 21.9. The van der Waals surface area contributed by atoms with Crippen molar-refractivity contribution in [2.45, 2.75) is 288 Å². The predicted octanol–water partition coefficient (Wildman–Crippen LogP) is 14.7. The molecule has 12 nitrogen and oxygen atoms in total. The second kappa shape index (κ2) is 50.3. The summed E-state index contributed by atoms with van der Waals surface area (Å²) in [4.78, 5) is 23.4. The minimum Gasteiger partial charge on any atom is -0.457 e. The number of unbranched alkanes of at least 4 members (excludes halogenated alkanes) is 27. The average Bonchev–Trinajstić information content (AvgIpc) is 3.39. The van der Waals surface area contributed by atoms with Gasteiger partial charge in [0.2, 0.25) is 0 Å². The normalized spacial score (nSPS) is 20.9. The van der Waals surface area contributed by atoms with Gasteiger partial charge in [0.25, 0.3) is 0 Å². The number of carbonyl (C=O) groups excluding carboxylic acids is 1. The monoisotopic (exact) mass is 1060 g/mol. The molecule has 430 valence electrons. The van der Waals surface area contributed by atoms with E-state index >= 15 is 0 Å². The van der Waals surface area contributed by atoms with Crippen LogP contribution in [0.4, 0.5) is 0 Å². The van der Waals surface area contributed by atoms with Gasteiger partial charge >= 0.3 is 13.8 Å². The molecule has 0 aromatic heterocycles. The number of aliphatic hydroxyl groups excluding tert-OH is 5. The number of aliphatic hydroxyl groups is 5. The van der Waals surface area contributed by atoms with Crippen molar-refractivity contribution < 1.29 is 58.3 Å². The molecule has 6 unspecified atom stereocenters. The van der Waals surface area contributed by atoms with Gasteiger partial charge < -0.3 is 39.9 Å². The summed E-state index contributed by atoms with van der Waals surface area (Å²) in [6.07, 6.45) is 55.4. The lowest BCUT2D eigenvalue weighted by molar-refractivity contribution is -0.220. The Morgan fingerprint density at radius 3 is 1.22 bits per heavy atom. The summed E-state index contributed by atoms with van der Waals surface area (Å²) in [6.45, 7) is 4.14. The topological polar surface area (TPSA) is 192 Å². The van der Waals surface area contributed by atoms with Crippen molar-refractivity contribution in [2.24, 2.45) is 0 Å². The maximum atomic E-state index is 12.9. The molecule has 6 N–H and O–H groups in total. The van der Waals surface area contributed by atoms with Gasteiger partial charge in [0.15, 0.2) is 0 Å². The first kappa shape index (κ1) is 69.8. The molecular formula is C61H109O12P. The Morgan fingerprint density at radius 2 is 0.797 bits per heavy atom. The fourth-order valence-electron chi connectivity index (χ4n) is 8.95. The molecule has 0 aromatic carbocycles. The first-order valence-corrected chi connectivity index (χ1v) is 31.3. The third-order valence-corrected chi connectivity index (χ3v) is 14.6. The number of carbonyl (C=O) groups is 1. The molecule has 1 aliphatic rings. The number of phosphoric ester groups is 1. The fourth-order valence-corrected chi connectivity index (χ4v) is 9.92. The average molecular weight is 1070 g/mol. The summed E-state index contributed by atoms with van der Waals surface area (Å²) in [7, 11) is -5.04. The first-order chi connectivity index (χ1) is 36.0. The van der Waals surface area contributed by atoms with Crippen LogP contribution >= 0.6 is 7.82 Å². The molecule has 0 spiro atoms. The Hall–Kier alpha value is -2.22. The van der Waals surface area contributed by atoms with Crippen LogP contribution in [0.5, 0.6) is 0 Å². The van der Waals surface area contributed by atoms with Gasteiger partial charge in [-0.15, -0.1) is 0 Å². The summed E-state index contributed by atoms with van der Waals surface area (Å²) in [5, 5.41) is 50.5. The van der Waals surface area contributed by atoms with Gasteiger partial charge in [-0.25, -0.2) is 4.57 Å². The van der Waals surface area contributed by atoms with Crippen LogP contribution in [0.3, 0.4) is 0 Å². The fraction of sp³-hybridized carbons (Fsp3) is 0.787. The minimum absolute atomic E-state index is 0.0911. The number of hydrogen-bond acceptors (Lipinski definition) is 11. The first-order valence-electron chi connectivity index (χ1n) is 29.8. The molecule has 6 atom stereocenters. The number of phosphoric acid groups is 1. The van der Waals surface area contributed by atoms with Crippen molar-refractivity contribution in [3.63, 3.8) is 0 Å². The van der Waals surface area contributed by atoms with Gasteiger partial charge in [-0.2, -0.15) is 0 Å². The predicted molar refractivity (Wildman–Crippen MR) is 304 cm³/mol. The summed E-state index contributed by atoms with van der Waals surface area (Å²) in [5.74, 6) is -0.482. The smallest absolute Gasteiger partial charge is 0.457 e. The number of rotatable bonds is 51. The summed E-state index contributed by atoms with van der Waals surface area (Å²) < 4.78 is 34.4. The van der Waals surface area contributed by atoms with E-state index in [1.165, 1.54) is 122 Å². The van der Waals surface area contributed by atoms with Crippen molar-refractivity contribution in [1.82, 2.24) is 0 Å². The highest BCUT2D eigenvalue weighted by atomic mass is 31.2. The summed E-state index contributed by atoms with van der Waals surface area (Å²) in [5.41, 5.74) is 0. The SMILES string of the molecule is CC/C=C\C/C=C\C/C=C\C/C=C\C/C=C\C/C=C\CCCCCCCOCC(COP(=O)(O)OC1C(O)C(O)C(O)C(O)C1O)OC(=O)CCCCCCCCCCCCCCCCCCCCCCCCC. The van der Waals surface area contributed by atoms with Crippen molar-refractivity contribution >= 4 is 13.8 Å². The lowest BCUT2D eigenvalue weighted by atomic mass is 9.85. The molecule has 0 saturated heterocycles. The molecule has 1 fully saturated rings. The van der Waals surface area contributed by atoms with E-state index in [4.69, 9.17) is 18.5 Å². The van der Waals surface area contributed by atoms with Crippen molar-refractivity contribution in [2.75, 3.05) is 19.8 Å². The van der Waals surface area contributed by atoms with E-state index in [1.807, 2.05) is 0 Å². The van der Waals surface area contributed by atoms with Crippen LogP contribution in [-0.4, -0.2) is 98.9 Å². The Balaban J connectivity index is 2.29. The van der Waals surface area contributed by atoms with Gasteiger partial charge in [0.05, 0.1) is 13.2 Å². The maximum Gasteiger partial charge on any atom is 0.472 e. The molecule has 13 heteroatoms. The molecule has 1 rings (SSSR count). The largest absolute Gasteiger partial charge is 0.472 e. The molecule has 0 aromatic rings. The van der Waals surface area contributed by atoms with Crippen LogP contribution in [0.2, 0.25) is 0 Å². The van der Waals surface area contributed by atoms with E-state index in [2.05, 4.69) is 86.8 Å². The van der Waals surface area contributed by atoms with Crippen molar-refractivity contribution in [3.8, 4) is 0 Å². The highest BCUT2D eigenvalue weighted by molar-refractivity contribution is 7.47. The van der Waals surface area contributed by atoms with Crippen LogP contribution < -0.4 is 0 Å². The Labute approximate surface area is 450 Å². The molecule has 74 heavy (non-hydrogen) atoms. The molecule has 0 heterocycles. The van der Waals surface area contributed by atoms with E-state index < -0.39 is 63.1 Å². The Bertz CT molecular complexity index is 1500. The van der Waals surface area contributed by atoms with Crippen molar-refractivity contribution in [3.05, 3.63) is 72.9 Å². The number of esters is 1. The number of ether oxygens (including phenoxy) is 2. The van der Waals surface area contributed by atoms with Gasteiger partial charge in [-0.1, -0.05) is 247 Å². The number of allylic oxidation sites excluding steroid dienone is 12. The molecule has 0 aliphatic heterocycles. The zero-order valence-electron chi connectivity index (χ0n) is 46.6. The van der Waals surface area contributed by atoms with Crippen LogP contribution in [0, 0.1) is 0 Å². The Morgan fingerprint density at radius 1 is 0.446 bits per heavy atom. The number of hydrogen-bond donors (Lipinski definition) is 6. The molecule has 1 aliphatic carbocycles. The minimum atomic E-state index is -5.04. The zero-order valence-corrected chi connectivity index (χ0v) is 47.5. The van der Waals surface area contributed by atoms with Gasteiger partial charge in [-0.05, 0) is 64.2 Å². The van der Waals surface area contributed by atoms with Crippen LogP contribution in [0.15, 0.2) is 72.9 Å². The third-order valence-electron chi connectivity index (χ3n) is 13.6. The van der Waals surface area contributed by atoms with Crippen LogP contribution in [0.25, 0.3) is 0 Å². The molecule has 0 bridgehead atoms. The van der Waals surface area contributed by atoms with E-state index in [-0.39, 0.29) is 13.0 Å². The van der Waals surface area contributed by atoms with Gasteiger partial charge in [0.1, 0.15) is 42.7 Å². The lowest BCUT2D eigenvalue weighted by Crippen LogP contribution is -2.64. The van der Waals surface area contributed by atoms with Crippen LogP contribution in [-0.2, 0) is 27.9 Å². The van der Waals surface area contributed by atoms with Gasteiger partial charge in [0, 0.05) is 13.0 Å². The van der Waals surface area contributed by atoms with Gasteiger partial charge in [-0.3, -0.25) is 13.8 Å². The highest BCUT2D eigenvalue weighted by Crippen LogP contribution is 2.47. The highest BCUT2D eigenvalue weighted by Gasteiger charge is 2.51.